The lowest BCUT2D eigenvalue weighted by Gasteiger charge is -2.09. The van der Waals surface area contributed by atoms with Gasteiger partial charge < -0.3 is 24.1 Å². The van der Waals surface area contributed by atoms with Crippen LogP contribution in [0, 0.1) is 0 Å². The number of hydrogen-bond donors (Lipinski definition) is 1. The zero-order chi connectivity index (χ0) is 15.1. The number of methoxy groups -OCH3 is 3. The summed E-state index contributed by atoms with van der Waals surface area (Å²) < 4.78 is 20.8. The van der Waals surface area contributed by atoms with E-state index in [0.717, 1.165) is 6.42 Å². The molecule has 1 N–H and O–H groups in total. The van der Waals surface area contributed by atoms with Crippen LogP contribution < -0.4 is 14.8 Å². The van der Waals surface area contributed by atoms with Gasteiger partial charge in [0.1, 0.15) is 0 Å². The Morgan fingerprint density at radius 2 is 2.05 bits per heavy atom. The lowest BCUT2D eigenvalue weighted by Crippen LogP contribution is -2.04. The molecule has 1 heterocycles. The van der Waals surface area contributed by atoms with Crippen LogP contribution in [-0.2, 0) is 4.74 Å². The van der Waals surface area contributed by atoms with Crippen LogP contribution in [0.25, 0.3) is 11.4 Å². The largest absolute Gasteiger partial charge is 0.493 e. The van der Waals surface area contributed by atoms with E-state index in [1.807, 2.05) is 18.2 Å². The van der Waals surface area contributed by atoms with E-state index in [-0.39, 0.29) is 0 Å². The Bertz CT molecular complexity index is 571. The molecule has 0 fully saturated rings. The minimum Gasteiger partial charge on any atom is -0.493 e. The maximum Gasteiger partial charge on any atom is 0.321 e. The molecule has 0 saturated heterocycles. The molecule has 0 aliphatic carbocycles. The van der Waals surface area contributed by atoms with Crippen LogP contribution >= 0.6 is 0 Å². The molecule has 0 unspecified atom stereocenters. The number of para-hydroxylation sites is 1. The molecule has 0 atom stereocenters. The molecule has 2 rings (SSSR count). The molecule has 0 aliphatic heterocycles. The third-order valence-corrected chi connectivity index (χ3v) is 2.87. The van der Waals surface area contributed by atoms with Crippen molar-refractivity contribution in [2.24, 2.45) is 0 Å². The van der Waals surface area contributed by atoms with Gasteiger partial charge in [-0.05, 0) is 18.6 Å². The molecule has 1 aromatic carbocycles. The van der Waals surface area contributed by atoms with Crippen molar-refractivity contribution in [2.75, 3.05) is 39.8 Å². The van der Waals surface area contributed by atoms with E-state index >= 15 is 0 Å². The summed E-state index contributed by atoms with van der Waals surface area (Å²) in [5.74, 6) is 1.64. The first-order chi connectivity index (χ1) is 10.3. The number of anilines is 1. The second-order valence-corrected chi connectivity index (χ2v) is 4.24. The van der Waals surface area contributed by atoms with Gasteiger partial charge in [0.05, 0.1) is 19.8 Å². The van der Waals surface area contributed by atoms with Crippen molar-refractivity contribution in [1.82, 2.24) is 10.1 Å². The second kappa shape index (κ2) is 7.49. The number of aromatic nitrogens is 2. The Kier molecular flexibility index (Phi) is 5.39. The normalized spacial score (nSPS) is 10.4. The van der Waals surface area contributed by atoms with Crippen molar-refractivity contribution in [3.8, 4) is 22.9 Å². The first-order valence-electron chi connectivity index (χ1n) is 6.58. The summed E-state index contributed by atoms with van der Waals surface area (Å²) in [7, 11) is 4.83. The molecule has 0 amide bonds. The summed E-state index contributed by atoms with van der Waals surface area (Å²) in [6, 6.07) is 5.87. The maximum absolute atomic E-state index is 5.36. The van der Waals surface area contributed by atoms with Gasteiger partial charge in [-0.3, -0.25) is 0 Å². The van der Waals surface area contributed by atoms with Crippen molar-refractivity contribution < 1.29 is 18.7 Å². The molecule has 2 aromatic rings. The van der Waals surface area contributed by atoms with Crippen molar-refractivity contribution >= 4 is 6.01 Å². The number of ether oxygens (including phenoxy) is 3. The van der Waals surface area contributed by atoms with Crippen LogP contribution in [0.3, 0.4) is 0 Å². The van der Waals surface area contributed by atoms with E-state index in [9.17, 15) is 0 Å². The average molecular weight is 293 g/mol. The highest BCUT2D eigenvalue weighted by atomic mass is 16.5. The molecule has 0 radical (unpaired) electrons. The molecule has 0 bridgehead atoms. The predicted molar refractivity (Wildman–Crippen MR) is 77.8 cm³/mol. The third-order valence-electron chi connectivity index (χ3n) is 2.87. The maximum atomic E-state index is 5.36. The lowest BCUT2D eigenvalue weighted by molar-refractivity contribution is 0.197. The van der Waals surface area contributed by atoms with Crippen molar-refractivity contribution in [3.05, 3.63) is 18.2 Å². The van der Waals surface area contributed by atoms with Gasteiger partial charge in [-0.2, -0.15) is 4.98 Å². The van der Waals surface area contributed by atoms with Gasteiger partial charge in [0.15, 0.2) is 11.5 Å². The number of benzene rings is 1. The average Bonchev–Trinajstić information content (AvgIpc) is 2.99. The van der Waals surface area contributed by atoms with Gasteiger partial charge >= 0.3 is 6.01 Å². The summed E-state index contributed by atoms with van der Waals surface area (Å²) in [6.07, 6.45) is 0.858. The Hall–Kier alpha value is -2.28. The van der Waals surface area contributed by atoms with Gasteiger partial charge in [0.2, 0.25) is 5.82 Å². The van der Waals surface area contributed by atoms with E-state index in [1.165, 1.54) is 0 Å². The van der Waals surface area contributed by atoms with Gasteiger partial charge in [0.25, 0.3) is 0 Å². The highest BCUT2D eigenvalue weighted by Gasteiger charge is 2.16. The van der Waals surface area contributed by atoms with E-state index in [4.69, 9.17) is 18.7 Å². The summed E-state index contributed by atoms with van der Waals surface area (Å²) in [4.78, 5) is 4.30. The summed E-state index contributed by atoms with van der Waals surface area (Å²) >= 11 is 0. The number of hydrogen-bond acceptors (Lipinski definition) is 7. The number of rotatable bonds is 8. The van der Waals surface area contributed by atoms with Crippen LogP contribution in [0.2, 0.25) is 0 Å². The predicted octanol–water partition coefficient (Wildman–Crippen LogP) is 2.20. The van der Waals surface area contributed by atoms with Crippen molar-refractivity contribution in [2.45, 2.75) is 6.42 Å². The first kappa shape index (κ1) is 15.1. The number of nitrogens with zero attached hydrogens (tertiary/aromatic N) is 2. The molecule has 1 aromatic heterocycles. The SMILES string of the molecule is COCCCNc1nc(-c2cccc(OC)c2OC)no1. The fraction of sp³-hybridized carbons (Fsp3) is 0.429. The van der Waals surface area contributed by atoms with Crippen molar-refractivity contribution in [1.29, 1.82) is 0 Å². The smallest absolute Gasteiger partial charge is 0.321 e. The lowest BCUT2D eigenvalue weighted by atomic mass is 10.2. The quantitative estimate of drug-likeness (QED) is 0.747. The summed E-state index contributed by atoms with van der Waals surface area (Å²) in [6.45, 7) is 1.38. The Morgan fingerprint density at radius 1 is 1.19 bits per heavy atom. The minimum absolute atomic E-state index is 0.367. The van der Waals surface area contributed by atoms with Crippen LogP contribution in [0.15, 0.2) is 22.7 Å². The monoisotopic (exact) mass is 293 g/mol. The molecular formula is C14H19N3O4. The van der Waals surface area contributed by atoms with Crippen LogP contribution in [0.5, 0.6) is 11.5 Å². The molecule has 0 spiro atoms. The van der Waals surface area contributed by atoms with E-state index < -0.39 is 0 Å². The molecule has 7 heteroatoms. The van der Waals surface area contributed by atoms with Gasteiger partial charge in [0, 0.05) is 20.3 Å². The zero-order valence-electron chi connectivity index (χ0n) is 12.4. The number of nitrogens with one attached hydrogen (secondary N) is 1. The zero-order valence-corrected chi connectivity index (χ0v) is 12.4. The molecular weight excluding hydrogens is 274 g/mol. The highest BCUT2D eigenvalue weighted by molar-refractivity contribution is 5.68. The van der Waals surface area contributed by atoms with E-state index in [2.05, 4.69) is 15.5 Å². The standard InChI is InChI=1S/C14H19N3O4/c1-18-9-5-8-15-14-16-13(17-21-14)10-6-4-7-11(19-2)12(10)20-3/h4,6-7H,5,8-9H2,1-3H3,(H,15,16,17). The van der Waals surface area contributed by atoms with Gasteiger partial charge in [-0.25, -0.2) is 0 Å². The molecule has 114 valence electrons. The van der Waals surface area contributed by atoms with Crippen molar-refractivity contribution in [3.63, 3.8) is 0 Å². The Morgan fingerprint density at radius 3 is 2.76 bits per heavy atom. The van der Waals surface area contributed by atoms with E-state index in [1.54, 1.807) is 21.3 Å². The molecule has 21 heavy (non-hydrogen) atoms. The fourth-order valence-electron chi connectivity index (χ4n) is 1.88. The summed E-state index contributed by atoms with van der Waals surface area (Å²) in [5, 5.41) is 7.00. The molecule has 0 aliphatic rings. The van der Waals surface area contributed by atoms with Crippen LogP contribution in [0.1, 0.15) is 6.42 Å². The van der Waals surface area contributed by atoms with Crippen LogP contribution in [0.4, 0.5) is 6.01 Å². The molecule has 0 saturated carbocycles. The minimum atomic E-state index is 0.367. The second-order valence-electron chi connectivity index (χ2n) is 4.24. The van der Waals surface area contributed by atoms with Gasteiger partial charge in [-0.15, -0.1) is 0 Å². The van der Waals surface area contributed by atoms with E-state index in [0.29, 0.717) is 42.1 Å². The fourth-order valence-corrected chi connectivity index (χ4v) is 1.88. The first-order valence-corrected chi connectivity index (χ1v) is 6.58. The third kappa shape index (κ3) is 3.63. The molecule has 7 nitrogen and oxygen atoms in total. The topological polar surface area (TPSA) is 78.6 Å². The van der Waals surface area contributed by atoms with Gasteiger partial charge in [-0.1, -0.05) is 11.2 Å². The highest BCUT2D eigenvalue weighted by Crippen LogP contribution is 2.36. The van der Waals surface area contributed by atoms with Crippen LogP contribution in [-0.4, -0.2) is 44.6 Å². The Labute approximate surface area is 123 Å². The summed E-state index contributed by atoms with van der Waals surface area (Å²) in [5.41, 5.74) is 0.713. The Balaban J connectivity index is 2.14.